The van der Waals surface area contributed by atoms with Crippen LogP contribution in [0.4, 0.5) is 0 Å². The molecule has 182 valence electrons. The van der Waals surface area contributed by atoms with Crippen LogP contribution in [-0.4, -0.2) is 26.2 Å². The third kappa shape index (κ3) is 5.98. The van der Waals surface area contributed by atoms with Crippen molar-refractivity contribution in [2.24, 2.45) is 0 Å². The predicted molar refractivity (Wildman–Crippen MR) is 138 cm³/mol. The van der Waals surface area contributed by atoms with E-state index in [2.05, 4.69) is 36.4 Å². The van der Waals surface area contributed by atoms with Crippen molar-refractivity contribution in [2.45, 2.75) is 59.2 Å². The molecular weight excluding hydrogens is 440 g/mol. The Balaban J connectivity index is 1.37. The number of nitrogens with zero attached hydrogens (tertiary/aromatic N) is 3. The number of carbonyl (C=O) groups excluding carboxylic acids is 1. The molecule has 1 N–H and O–H groups in total. The number of rotatable bonds is 9. The maximum atomic E-state index is 13.0. The van der Waals surface area contributed by atoms with E-state index in [0.29, 0.717) is 24.5 Å². The molecule has 0 aliphatic heterocycles. The topological polar surface area (TPSA) is 77.6 Å². The zero-order valence-electron chi connectivity index (χ0n) is 20.7. The van der Waals surface area contributed by atoms with Gasteiger partial charge in [0.25, 0.3) is 5.56 Å². The van der Waals surface area contributed by atoms with Crippen molar-refractivity contribution < 1.29 is 9.53 Å². The van der Waals surface area contributed by atoms with E-state index < -0.39 is 0 Å². The molecule has 0 fully saturated rings. The average molecular weight is 473 g/mol. The van der Waals surface area contributed by atoms with E-state index in [1.54, 1.807) is 27.5 Å². The van der Waals surface area contributed by atoms with Crippen LogP contribution < -0.4 is 15.6 Å². The summed E-state index contributed by atoms with van der Waals surface area (Å²) in [4.78, 5) is 25.3. The van der Waals surface area contributed by atoms with E-state index in [9.17, 15) is 9.59 Å². The lowest BCUT2D eigenvalue weighted by atomic mass is 10.0. The number of aryl methyl sites for hydroxylation is 1. The third-order valence-corrected chi connectivity index (χ3v) is 5.84. The van der Waals surface area contributed by atoms with Gasteiger partial charge in [-0.25, -0.2) is 4.52 Å². The number of benzene rings is 2. The molecule has 35 heavy (non-hydrogen) atoms. The molecule has 2 heterocycles. The second-order valence-electron chi connectivity index (χ2n) is 9.27. The summed E-state index contributed by atoms with van der Waals surface area (Å²) in [6.45, 7) is 9.00. The fourth-order valence-corrected chi connectivity index (χ4v) is 3.85. The Morgan fingerprint density at radius 3 is 2.37 bits per heavy atom. The first-order valence-corrected chi connectivity index (χ1v) is 12.0. The predicted octanol–water partition coefficient (Wildman–Crippen LogP) is 4.78. The summed E-state index contributed by atoms with van der Waals surface area (Å²) >= 11 is 0. The van der Waals surface area contributed by atoms with E-state index in [4.69, 9.17) is 4.74 Å². The summed E-state index contributed by atoms with van der Waals surface area (Å²) in [5.74, 6) is 1.15. The fourth-order valence-electron chi connectivity index (χ4n) is 3.85. The van der Waals surface area contributed by atoms with Crippen LogP contribution in [-0.2, 0) is 17.9 Å². The van der Waals surface area contributed by atoms with Crippen molar-refractivity contribution in [3.8, 4) is 17.0 Å². The number of ether oxygens (including phenoxy) is 1. The Morgan fingerprint density at radius 1 is 1.00 bits per heavy atom. The lowest BCUT2D eigenvalue weighted by molar-refractivity contribution is -0.121. The molecule has 0 spiro atoms. The average Bonchev–Trinajstić information content (AvgIpc) is 3.28. The summed E-state index contributed by atoms with van der Waals surface area (Å²) in [7, 11) is 0. The Hall–Kier alpha value is -3.87. The minimum absolute atomic E-state index is 0.112. The van der Waals surface area contributed by atoms with Gasteiger partial charge in [0, 0.05) is 37.5 Å². The molecule has 0 saturated carbocycles. The molecule has 0 atom stereocenters. The number of hydrogen-bond acceptors (Lipinski definition) is 4. The number of fused-ring (bicyclic) bond motifs is 1. The molecular formula is C28H32N4O3. The molecule has 7 nitrogen and oxygen atoms in total. The van der Waals surface area contributed by atoms with Gasteiger partial charge in [-0.15, -0.1) is 0 Å². The maximum absolute atomic E-state index is 13.0. The highest BCUT2D eigenvalue weighted by Crippen LogP contribution is 2.22. The summed E-state index contributed by atoms with van der Waals surface area (Å²) in [5.41, 5.74) is 4.28. The molecule has 2 aromatic heterocycles. The van der Waals surface area contributed by atoms with Crippen molar-refractivity contribution >= 4 is 11.4 Å². The molecule has 0 radical (unpaired) electrons. The fraction of sp³-hybridized carbons (Fsp3) is 0.321. The van der Waals surface area contributed by atoms with Gasteiger partial charge in [0.15, 0.2) is 0 Å². The maximum Gasteiger partial charge on any atom is 0.276 e. The number of aromatic nitrogens is 3. The number of amides is 1. The molecule has 2 aromatic carbocycles. The first kappa shape index (κ1) is 24.3. The van der Waals surface area contributed by atoms with Gasteiger partial charge in [-0.2, -0.15) is 5.10 Å². The minimum Gasteiger partial charge on any atom is -0.491 e. The van der Waals surface area contributed by atoms with Crippen LogP contribution in [0.2, 0.25) is 0 Å². The first-order chi connectivity index (χ1) is 16.8. The number of nitrogens with one attached hydrogen (secondary N) is 1. The Bertz CT molecular complexity index is 1350. The van der Waals surface area contributed by atoms with Gasteiger partial charge in [-0.3, -0.25) is 9.59 Å². The van der Waals surface area contributed by atoms with Crippen LogP contribution in [0.3, 0.4) is 0 Å². The summed E-state index contributed by atoms with van der Waals surface area (Å²) in [6.07, 6.45) is 3.76. The van der Waals surface area contributed by atoms with Gasteiger partial charge in [0.1, 0.15) is 11.3 Å². The van der Waals surface area contributed by atoms with Gasteiger partial charge >= 0.3 is 0 Å². The van der Waals surface area contributed by atoms with E-state index in [-0.39, 0.29) is 24.0 Å². The molecule has 4 aromatic rings. The van der Waals surface area contributed by atoms with E-state index in [1.165, 1.54) is 5.56 Å². The standard InChI is InChI=1S/C28H32N4O3/c1-19(2)22-7-9-23(10-8-22)25-17-26-28(34)31(15-16-32(26)30-25)14-13-27(33)29-18-21-5-11-24(12-6-21)35-20(3)4/h5-12,15-17,19-20H,13-14,18H2,1-4H3,(H,29,33). The highest BCUT2D eigenvalue weighted by molar-refractivity contribution is 5.75. The smallest absolute Gasteiger partial charge is 0.276 e. The van der Waals surface area contributed by atoms with Gasteiger partial charge in [0.05, 0.1) is 11.8 Å². The van der Waals surface area contributed by atoms with Crippen molar-refractivity contribution in [2.75, 3.05) is 0 Å². The highest BCUT2D eigenvalue weighted by Gasteiger charge is 2.11. The van der Waals surface area contributed by atoms with Crippen molar-refractivity contribution in [3.05, 3.63) is 88.5 Å². The second kappa shape index (κ2) is 10.6. The van der Waals surface area contributed by atoms with Crippen LogP contribution >= 0.6 is 0 Å². The molecule has 0 saturated heterocycles. The lowest BCUT2D eigenvalue weighted by Gasteiger charge is -2.11. The summed E-state index contributed by atoms with van der Waals surface area (Å²) in [5, 5.41) is 7.47. The van der Waals surface area contributed by atoms with Gasteiger partial charge < -0.3 is 14.6 Å². The number of hydrogen-bond donors (Lipinski definition) is 1. The zero-order valence-corrected chi connectivity index (χ0v) is 20.7. The summed E-state index contributed by atoms with van der Waals surface area (Å²) in [6, 6.07) is 17.7. The van der Waals surface area contributed by atoms with Gasteiger partial charge in [-0.1, -0.05) is 50.2 Å². The SMILES string of the molecule is CC(C)Oc1ccc(CNC(=O)CCn2ccn3nc(-c4ccc(C(C)C)cc4)cc3c2=O)cc1. The first-order valence-electron chi connectivity index (χ1n) is 12.0. The van der Waals surface area contributed by atoms with E-state index >= 15 is 0 Å². The third-order valence-electron chi connectivity index (χ3n) is 5.84. The van der Waals surface area contributed by atoms with Crippen LogP contribution in [0.5, 0.6) is 5.75 Å². The summed E-state index contributed by atoms with van der Waals surface area (Å²) < 4.78 is 8.79. The Labute approximate surface area is 205 Å². The second-order valence-corrected chi connectivity index (χ2v) is 9.27. The molecule has 0 aliphatic rings. The number of carbonyl (C=O) groups is 1. The van der Waals surface area contributed by atoms with Gasteiger partial charge in [-0.05, 0) is 49.1 Å². The zero-order chi connectivity index (χ0) is 24.9. The van der Waals surface area contributed by atoms with Gasteiger partial charge in [0.2, 0.25) is 5.91 Å². The quantitative estimate of drug-likeness (QED) is 0.380. The molecule has 1 amide bonds. The Morgan fingerprint density at radius 2 is 1.71 bits per heavy atom. The molecule has 0 aliphatic carbocycles. The molecule has 7 heteroatoms. The Kier molecular flexibility index (Phi) is 7.34. The van der Waals surface area contributed by atoms with E-state index in [1.807, 2.05) is 50.2 Å². The van der Waals surface area contributed by atoms with Crippen molar-refractivity contribution in [1.82, 2.24) is 19.5 Å². The minimum atomic E-state index is -0.168. The normalized spacial score (nSPS) is 11.4. The van der Waals surface area contributed by atoms with Crippen LogP contribution in [0.15, 0.2) is 71.8 Å². The van der Waals surface area contributed by atoms with E-state index in [0.717, 1.165) is 22.6 Å². The molecule has 4 rings (SSSR count). The highest BCUT2D eigenvalue weighted by atomic mass is 16.5. The molecule has 0 bridgehead atoms. The monoisotopic (exact) mass is 472 g/mol. The van der Waals surface area contributed by atoms with Crippen LogP contribution in [0.1, 0.15) is 51.2 Å². The van der Waals surface area contributed by atoms with Crippen molar-refractivity contribution in [3.63, 3.8) is 0 Å². The van der Waals surface area contributed by atoms with Crippen molar-refractivity contribution in [1.29, 1.82) is 0 Å². The molecule has 0 unspecified atom stereocenters. The lowest BCUT2D eigenvalue weighted by Crippen LogP contribution is -2.27. The largest absolute Gasteiger partial charge is 0.491 e. The van der Waals surface area contributed by atoms with Crippen LogP contribution in [0.25, 0.3) is 16.8 Å². The van der Waals surface area contributed by atoms with Crippen LogP contribution in [0, 0.1) is 0 Å².